The number of rotatable bonds is 0. The lowest BCUT2D eigenvalue weighted by molar-refractivity contribution is 0.364. The first-order chi connectivity index (χ1) is 3.86. The molecule has 2 aliphatic rings. The van der Waals surface area contributed by atoms with Gasteiger partial charge in [-0.15, -0.1) is 0 Å². The maximum Gasteiger partial charge on any atom is 0.106 e. The molecule has 1 N–H and O–H groups in total. The summed E-state index contributed by atoms with van der Waals surface area (Å²) in [4.78, 5) is 0. The van der Waals surface area contributed by atoms with Crippen molar-refractivity contribution in [2.24, 2.45) is 0 Å². The van der Waals surface area contributed by atoms with Gasteiger partial charge in [-0.2, -0.15) is 0 Å². The second-order valence-electron chi connectivity index (χ2n) is 2.34. The number of epoxide rings is 1. The van der Waals surface area contributed by atoms with Gasteiger partial charge in [0.25, 0.3) is 0 Å². The van der Waals surface area contributed by atoms with Gasteiger partial charge in [-0.25, -0.2) is 0 Å². The van der Waals surface area contributed by atoms with E-state index < -0.39 is 0 Å². The summed E-state index contributed by atoms with van der Waals surface area (Å²) in [6.07, 6.45) is 4.33. The molecule has 1 fully saturated rings. The minimum Gasteiger partial charge on any atom is -0.513 e. The van der Waals surface area contributed by atoms with Crippen LogP contribution in [0.1, 0.15) is 12.8 Å². The summed E-state index contributed by atoms with van der Waals surface area (Å²) < 4.78 is 5.11. The van der Waals surface area contributed by atoms with E-state index in [1.165, 1.54) is 0 Å². The predicted molar refractivity (Wildman–Crippen MR) is 28.6 cm³/mol. The molecule has 2 heteroatoms. The van der Waals surface area contributed by atoms with Gasteiger partial charge in [0.05, 0.1) is 11.9 Å². The lowest BCUT2D eigenvalue weighted by atomic mass is 10.1. The molecule has 1 saturated heterocycles. The normalized spacial score (nSPS) is 42.8. The second-order valence-corrected chi connectivity index (χ2v) is 2.34. The third kappa shape index (κ3) is 0.530. The van der Waals surface area contributed by atoms with Crippen molar-refractivity contribution >= 4 is 0 Å². The Hall–Kier alpha value is -0.500. The SMILES string of the molecule is OC1=CC2OC2CC1. The lowest BCUT2D eigenvalue weighted by Gasteiger charge is -1.99. The minimum absolute atomic E-state index is 0.267. The van der Waals surface area contributed by atoms with E-state index >= 15 is 0 Å². The molecular formula is C6H8O2. The Bertz CT molecular complexity index is 139. The number of hydrogen-bond acceptors (Lipinski definition) is 2. The Morgan fingerprint density at radius 3 is 3.25 bits per heavy atom. The summed E-state index contributed by atoms with van der Waals surface area (Å²) in [6, 6.07) is 0. The van der Waals surface area contributed by atoms with Crippen molar-refractivity contribution in [3.05, 3.63) is 11.8 Å². The van der Waals surface area contributed by atoms with Crippen LogP contribution in [0.3, 0.4) is 0 Å². The molecule has 2 atom stereocenters. The van der Waals surface area contributed by atoms with Gasteiger partial charge in [0, 0.05) is 6.42 Å². The van der Waals surface area contributed by atoms with Crippen LogP contribution in [0, 0.1) is 0 Å². The molecule has 0 spiro atoms. The van der Waals surface area contributed by atoms with Crippen LogP contribution in [0.5, 0.6) is 0 Å². The minimum atomic E-state index is 0.267. The highest BCUT2D eigenvalue weighted by atomic mass is 16.6. The van der Waals surface area contributed by atoms with Crippen LogP contribution in [-0.2, 0) is 4.74 Å². The zero-order valence-electron chi connectivity index (χ0n) is 4.50. The third-order valence-electron chi connectivity index (χ3n) is 1.66. The highest BCUT2D eigenvalue weighted by Gasteiger charge is 2.39. The Morgan fingerprint density at radius 1 is 1.75 bits per heavy atom. The first-order valence-electron chi connectivity index (χ1n) is 2.91. The van der Waals surface area contributed by atoms with Gasteiger partial charge in [0.1, 0.15) is 6.10 Å². The fourth-order valence-corrected chi connectivity index (χ4v) is 1.10. The van der Waals surface area contributed by atoms with Gasteiger partial charge in [-0.1, -0.05) is 0 Å². The number of fused-ring (bicyclic) bond motifs is 1. The molecule has 0 amide bonds. The van der Waals surface area contributed by atoms with E-state index in [1.807, 2.05) is 0 Å². The first kappa shape index (κ1) is 4.39. The third-order valence-corrected chi connectivity index (χ3v) is 1.66. The molecule has 0 bridgehead atoms. The molecule has 0 aromatic carbocycles. The average molecular weight is 112 g/mol. The van der Waals surface area contributed by atoms with Crippen LogP contribution < -0.4 is 0 Å². The smallest absolute Gasteiger partial charge is 0.106 e. The highest BCUT2D eigenvalue weighted by molar-refractivity contribution is 5.11. The van der Waals surface area contributed by atoms with Crippen LogP contribution in [-0.4, -0.2) is 17.3 Å². The molecule has 2 nitrogen and oxygen atoms in total. The van der Waals surface area contributed by atoms with Crippen molar-refractivity contribution in [3.8, 4) is 0 Å². The molecular weight excluding hydrogens is 104 g/mol. The van der Waals surface area contributed by atoms with Crippen molar-refractivity contribution < 1.29 is 9.84 Å². The molecule has 0 saturated carbocycles. The topological polar surface area (TPSA) is 32.8 Å². The number of hydrogen-bond donors (Lipinski definition) is 1. The molecule has 0 aromatic rings. The van der Waals surface area contributed by atoms with Crippen molar-refractivity contribution in [1.82, 2.24) is 0 Å². The van der Waals surface area contributed by atoms with E-state index in [2.05, 4.69) is 0 Å². The first-order valence-corrected chi connectivity index (χ1v) is 2.91. The van der Waals surface area contributed by atoms with Crippen molar-refractivity contribution in [2.75, 3.05) is 0 Å². The maximum absolute atomic E-state index is 8.89. The van der Waals surface area contributed by atoms with Crippen LogP contribution in [0.25, 0.3) is 0 Å². The fraction of sp³-hybridized carbons (Fsp3) is 0.667. The van der Waals surface area contributed by atoms with Gasteiger partial charge in [0.15, 0.2) is 0 Å². The summed E-state index contributed by atoms with van der Waals surface area (Å²) in [7, 11) is 0. The van der Waals surface area contributed by atoms with Gasteiger partial charge in [-0.3, -0.25) is 0 Å². The van der Waals surface area contributed by atoms with Crippen LogP contribution in [0.15, 0.2) is 11.8 Å². The largest absolute Gasteiger partial charge is 0.513 e. The molecule has 1 aliphatic carbocycles. The zero-order valence-corrected chi connectivity index (χ0v) is 4.50. The summed E-state index contributed by atoms with van der Waals surface area (Å²) in [5.41, 5.74) is 0. The van der Waals surface area contributed by atoms with Crippen LogP contribution >= 0.6 is 0 Å². The summed E-state index contributed by atoms with van der Waals surface area (Å²) in [5.74, 6) is 0.503. The average Bonchev–Trinajstić information content (AvgIpc) is 2.43. The Labute approximate surface area is 47.8 Å². The Morgan fingerprint density at radius 2 is 2.62 bits per heavy atom. The molecule has 0 aromatic heterocycles. The summed E-state index contributed by atoms with van der Waals surface area (Å²) in [5, 5.41) is 8.89. The monoisotopic (exact) mass is 112 g/mol. The quantitative estimate of drug-likeness (QED) is 0.474. The zero-order chi connectivity index (χ0) is 5.56. The molecule has 2 rings (SSSR count). The number of aliphatic hydroxyl groups excluding tert-OH is 1. The van der Waals surface area contributed by atoms with Crippen molar-refractivity contribution in [2.45, 2.75) is 25.0 Å². The molecule has 44 valence electrons. The van der Waals surface area contributed by atoms with E-state index in [0.29, 0.717) is 11.9 Å². The molecule has 1 aliphatic heterocycles. The molecule has 8 heavy (non-hydrogen) atoms. The van der Waals surface area contributed by atoms with Crippen LogP contribution in [0.2, 0.25) is 0 Å². The Balaban J connectivity index is 2.15. The molecule has 2 unspecified atom stereocenters. The molecule has 1 heterocycles. The van der Waals surface area contributed by atoms with Crippen molar-refractivity contribution in [1.29, 1.82) is 0 Å². The second kappa shape index (κ2) is 1.26. The van der Waals surface area contributed by atoms with E-state index in [1.54, 1.807) is 6.08 Å². The van der Waals surface area contributed by atoms with E-state index in [4.69, 9.17) is 9.84 Å². The number of allylic oxidation sites excluding steroid dienone is 1. The van der Waals surface area contributed by atoms with Gasteiger partial charge < -0.3 is 9.84 Å². The standard InChI is InChI=1S/C6H8O2/c7-4-1-2-5-6(3-4)8-5/h3,5-7H,1-2H2. The Kier molecular flexibility index (Phi) is 0.690. The van der Waals surface area contributed by atoms with Crippen LogP contribution in [0.4, 0.5) is 0 Å². The van der Waals surface area contributed by atoms with Gasteiger partial charge >= 0.3 is 0 Å². The number of ether oxygens (including phenoxy) is 1. The maximum atomic E-state index is 8.89. The molecule has 0 radical (unpaired) electrons. The lowest BCUT2D eigenvalue weighted by Crippen LogP contribution is -1.99. The van der Waals surface area contributed by atoms with Crippen molar-refractivity contribution in [3.63, 3.8) is 0 Å². The van der Waals surface area contributed by atoms with E-state index in [0.717, 1.165) is 12.8 Å². The summed E-state index contributed by atoms with van der Waals surface area (Å²) in [6.45, 7) is 0. The highest BCUT2D eigenvalue weighted by Crippen LogP contribution is 2.33. The fourth-order valence-electron chi connectivity index (χ4n) is 1.10. The van der Waals surface area contributed by atoms with Gasteiger partial charge in [-0.05, 0) is 12.5 Å². The summed E-state index contributed by atoms with van der Waals surface area (Å²) >= 11 is 0. The number of aliphatic hydroxyl groups is 1. The predicted octanol–water partition coefficient (Wildman–Crippen LogP) is 0.989. The van der Waals surface area contributed by atoms with E-state index in [-0.39, 0.29) is 6.10 Å². The van der Waals surface area contributed by atoms with E-state index in [9.17, 15) is 0 Å². The van der Waals surface area contributed by atoms with Gasteiger partial charge in [0.2, 0.25) is 0 Å².